The first-order chi connectivity index (χ1) is 10.5. The highest BCUT2D eigenvalue weighted by Gasteiger charge is 2.38. The number of imidazole rings is 1. The van der Waals surface area contributed by atoms with Gasteiger partial charge >= 0.3 is 5.97 Å². The van der Waals surface area contributed by atoms with E-state index in [2.05, 4.69) is 15.0 Å². The van der Waals surface area contributed by atoms with Crippen LogP contribution in [0, 0.1) is 0 Å². The molecule has 3 heterocycles. The Hall–Kier alpha value is -1.44. The molecule has 0 spiro atoms. The van der Waals surface area contributed by atoms with E-state index in [1.54, 1.807) is 10.9 Å². The Bertz CT molecular complexity index is 721. The number of fused-ring (bicyclic) bond motifs is 1. The Balaban J connectivity index is 1.93. The Morgan fingerprint density at radius 3 is 2.95 bits per heavy atom. The number of ether oxygens (including phenoxy) is 2. The lowest BCUT2D eigenvalue weighted by molar-refractivity contribution is -0.149. The number of rotatable bonds is 3. The van der Waals surface area contributed by atoms with Crippen molar-refractivity contribution in [1.29, 1.82) is 0 Å². The van der Waals surface area contributed by atoms with Gasteiger partial charge in [0.1, 0.15) is 17.8 Å². The summed E-state index contributed by atoms with van der Waals surface area (Å²) in [5, 5.41) is 0.233. The van der Waals surface area contributed by atoms with Crippen molar-refractivity contribution in [1.82, 2.24) is 19.5 Å². The highest BCUT2D eigenvalue weighted by molar-refractivity contribution is 6.35. The van der Waals surface area contributed by atoms with Crippen LogP contribution in [-0.2, 0) is 14.3 Å². The van der Waals surface area contributed by atoms with E-state index >= 15 is 0 Å². The molecule has 2 aromatic heterocycles. The molecule has 0 bridgehead atoms. The zero-order chi connectivity index (χ0) is 15.9. The Labute approximate surface area is 136 Å². The molecule has 0 amide bonds. The molecule has 1 saturated heterocycles. The second-order valence-electron chi connectivity index (χ2n) is 5.03. The molecule has 1 aliphatic rings. The fourth-order valence-corrected chi connectivity index (χ4v) is 3.06. The summed E-state index contributed by atoms with van der Waals surface area (Å²) in [7, 11) is 0. The van der Waals surface area contributed by atoms with Gasteiger partial charge in [0.05, 0.1) is 12.4 Å². The molecule has 0 aromatic carbocycles. The quantitative estimate of drug-likeness (QED) is 0.484. The van der Waals surface area contributed by atoms with Gasteiger partial charge in [0.2, 0.25) is 5.28 Å². The molecule has 0 radical (unpaired) electrons. The molecule has 9 heteroatoms. The van der Waals surface area contributed by atoms with Crippen molar-refractivity contribution in [3.05, 3.63) is 16.8 Å². The van der Waals surface area contributed by atoms with Gasteiger partial charge in [-0.15, -0.1) is 0 Å². The number of esters is 1. The number of carbonyl (C=O) groups excluding carboxylic acids is 1. The maximum Gasteiger partial charge on any atom is 0.302 e. The lowest BCUT2D eigenvalue weighted by Crippen LogP contribution is -2.25. The summed E-state index contributed by atoms with van der Waals surface area (Å²) in [6.07, 6.45) is 2.02. The summed E-state index contributed by atoms with van der Waals surface area (Å²) < 4.78 is 13.0. The molecule has 7 nitrogen and oxygen atoms in total. The van der Waals surface area contributed by atoms with Gasteiger partial charge in [0, 0.05) is 13.3 Å². The highest BCUT2D eigenvalue weighted by Crippen LogP contribution is 2.34. The minimum atomic E-state index is -0.346. The molecular formula is C13H14Cl2N4O3. The largest absolute Gasteiger partial charge is 0.460 e. The van der Waals surface area contributed by atoms with E-state index in [1.807, 2.05) is 6.92 Å². The summed E-state index contributed by atoms with van der Waals surface area (Å²) in [6, 6.07) is 0. The molecule has 0 unspecified atom stereocenters. The average molecular weight is 345 g/mol. The molecule has 0 N–H and O–H groups in total. The van der Waals surface area contributed by atoms with Gasteiger partial charge in [0.15, 0.2) is 10.8 Å². The number of aromatic nitrogens is 4. The van der Waals surface area contributed by atoms with Gasteiger partial charge in [0.25, 0.3) is 0 Å². The fourth-order valence-electron chi connectivity index (χ4n) is 2.64. The van der Waals surface area contributed by atoms with Crippen LogP contribution in [0.2, 0.25) is 10.4 Å². The third kappa shape index (κ3) is 2.76. The Morgan fingerprint density at radius 1 is 1.50 bits per heavy atom. The van der Waals surface area contributed by atoms with Gasteiger partial charge in [-0.2, -0.15) is 4.98 Å². The van der Waals surface area contributed by atoms with Crippen LogP contribution in [-0.4, -0.2) is 37.7 Å². The molecule has 0 aliphatic carbocycles. The Kier molecular flexibility index (Phi) is 4.20. The van der Waals surface area contributed by atoms with Crippen molar-refractivity contribution in [2.24, 2.45) is 0 Å². The molecule has 1 fully saturated rings. The smallest absolute Gasteiger partial charge is 0.302 e. The summed E-state index contributed by atoms with van der Waals surface area (Å²) in [4.78, 5) is 23.4. The monoisotopic (exact) mass is 344 g/mol. The zero-order valence-electron chi connectivity index (χ0n) is 12.0. The second-order valence-corrected chi connectivity index (χ2v) is 5.72. The molecule has 2 aromatic rings. The van der Waals surface area contributed by atoms with Gasteiger partial charge in [-0.05, 0) is 18.0 Å². The van der Waals surface area contributed by atoms with E-state index in [0.717, 1.165) is 6.42 Å². The molecular weight excluding hydrogens is 331 g/mol. The summed E-state index contributed by atoms with van der Waals surface area (Å²) in [6.45, 7) is 3.37. The van der Waals surface area contributed by atoms with Crippen molar-refractivity contribution in [2.75, 3.05) is 0 Å². The maximum absolute atomic E-state index is 11.2. The van der Waals surface area contributed by atoms with Crippen LogP contribution in [0.4, 0.5) is 0 Å². The van der Waals surface area contributed by atoms with Crippen molar-refractivity contribution in [3.8, 4) is 0 Å². The van der Waals surface area contributed by atoms with E-state index in [1.165, 1.54) is 6.92 Å². The molecule has 0 saturated carbocycles. The first-order valence-electron chi connectivity index (χ1n) is 6.87. The highest BCUT2D eigenvalue weighted by atomic mass is 35.5. The summed E-state index contributed by atoms with van der Waals surface area (Å²) in [5.41, 5.74) is 0.951. The van der Waals surface area contributed by atoms with Crippen LogP contribution in [0.5, 0.6) is 0 Å². The lowest BCUT2D eigenvalue weighted by atomic mass is 10.1. The zero-order valence-corrected chi connectivity index (χ0v) is 13.5. The first-order valence-corrected chi connectivity index (χ1v) is 7.63. The minimum absolute atomic E-state index is 0.0424. The number of nitrogens with zero attached hydrogens (tertiary/aromatic N) is 4. The molecule has 1 aliphatic heterocycles. The molecule has 22 heavy (non-hydrogen) atoms. The van der Waals surface area contributed by atoms with Crippen molar-refractivity contribution < 1.29 is 14.3 Å². The topological polar surface area (TPSA) is 79.1 Å². The first kappa shape index (κ1) is 15.5. The van der Waals surface area contributed by atoms with Crippen LogP contribution in [0.1, 0.15) is 32.9 Å². The number of carbonyl (C=O) groups is 1. The van der Waals surface area contributed by atoms with E-state index in [0.29, 0.717) is 17.6 Å². The maximum atomic E-state index is 11.2. The third-order valence-electron chi connectivity index (χ3n) is 3.56. The van der Waals surface area contributed by atoms with E-state index in [4.69, 9.17) is 32.7 Å². The van der Waals surface area contributed by atoms with Crippen molar-refractivity contribution in [2.45, 2.75) is 45.1 Å². The van der Waals surface area contributed by atoms with Crippen molar-refractivity contribution >= 4 is 40.3 Å². The average Bonchev–Trinajstić information content (AvgIpc) is 3.01. The standard InChI is InChI=1S/C13H14Cl2N4O3/c1-3-7-8(21-6(2)20)4-9(22-7)19-5-16-10-11(14)17-13(15)18-12(10)19/h5,7-9H,3-4H2,1-2H3/t7-,8-,9-/m1/s1. The Morgan fingerprint density at radius 2 is 2.27 bits per heavy atom. The van der Waals surface area contributed by atoms with Gasteiger partial charge in [-0.25, -0.2) is 9.97 Å². The number of hydrogen-bond donors (Lipinski definition) is 0. The van der Waals surface area contributed by atoms with Gasteiger partial charge in [-0.1, -0.05) is 18.5 Å². The van der Waals surface area contributed by atoms with Crippen LogP contribution in [0.3, 0.4) is 0 Å². The fraction of sp³-hybridized carbons (Fsp3) is 0.538. The van der Waals surface area contributed by atoms with Crippen molar-refractivity contribution in [3.63, 3.8) is 0 Å². The normalized spacial score (nSPS) is 24.8. The van der Waals surface area contributed by atoms with Crippen LogP contribution < -0.4 is 0 Å². The van der Waals surface area contributed by atoms with Crippen LogP contribution in [0.25, 0.3) is 11.2 Å². The lowest BCUT2D eigenvalue weighted by Gasteiger charge is -2.15. The van der Waals surface area contributed by atoms with E-state index in [9.17, 15) is 4.79 Å². The van der Waals surface area contributed by atoms with Gasteiger partial charge in [-0.3, -0.25) is 9.36 Å². The number of hydrogen-bond acceptors (Lipinski definition) is 6. The predicted octanol–water partition coefficient (Wildman–Crippen LogP) is 2.76. The van der Waals surface area contributed by atoms with E-state index < -0.39 is 0 Å². The second kappa shape index (κ2) is 5.98. The predicted molar refractivity (Wildman–Crippen MR) is 79.7 cm³/mol. The van der Waals surface area contributed by atoms with Crippen LogP contribution in [0.15, 0.2) is 6.33 Å². The molecule has 118 valence electrons. The van der Waals surface area contributed by atoms with Gasteiger partial charge < -0.3 is 9.47 Å². The molecule has 3 atom stereocenters. The number of halogens is 2. The van der Waals surface area contributed by atoms with E-state index in [-0.39, 0.29) is 34.8 Å². The summed E-state index contributed by atoms with van der Waals surface area (Å²) in [5.74, 6) is -0.323. The SMILES string of the molecule is CC[C@H]1O[C@@H](n2cnc3c(Cl)nc(Cl)nc32)C[C@H]1OC(C)=O. The minimum Gasteiger partial charge on any atom is -0.460 e. The van der Waals surface area contributed by atoms with Crippen LogP contribution >= 0.6 is 23.2 Å². The molecule has 3 rings (SSSR count). The summed E-state index contributed by atoms with van der Waals surface area (Å²) >= 11 is 11.9. The third-order valence-corrected chi connectivity index (χ3v) is 3.99.